The van der Waals surface area contributed by atoms with E-state index >= 15 is 0 Å². The number of aliphatic carboxylic acids is 1. The Balaban J connectivity index is 2.74. The fourth-order valence-corrected chi connectivity index (χ4v) is 10.3. The Morgan fingerprint density at radius 2 is 0.538 bits per heavy atom. The van der Waals surface area contributed by atoms with Crippen molar-refractivity contribution in [3.63, 3.8) is 0 Å². The molecule has 60 nitrogen and oxygen atoms in total. The number of hydrogen-bond donors (Lipinski definition) is 36. The van der Waals surface area contributed by atoms with E-state index in [9.17, 15) is 172 Å². The van der Waals surface area contributed by atoms with Gasteiger partial charge in [-0.25, -0.2) is 9.78 Å². The summed E-state index contributed by atoms with van der Waals surface area (Å²) in [5.41, 5.74) is 5.40. The SMILES string of the molecule is CC(C)C[C@H](NC(=O)[C@H](Cc1c[nH]cn1)NC(=O)[C@@H](NC(=O)[C@H](C)NC(=O)[C@H](CO)NC(=O)CNC(=O)[C@H](CO)NC(=O)CNC(=O)[C@H](CO)NC(=O)[C@H](CO)NC(=O)[C@H](C)NC(=O)[C@H](CO)NC(=O)[C@H](CO)NC(=O)CNC(=O)[C@H](CO)NC(=O)CNC(=O)CNC(=O)[C@@H](NC(=O)[C@H](C)NC(=O)[C@H](CO)NC(=O)CNC(=O)[C@H](CO)NC(=O)CN)[C@@H](C)O)[C@@H](C)O)C(=O)O. The molecular formula is C70H115N25O35. The van der Waals surface area contributed by atoms with Crippen LogP contribution in [0.5, 0.6) is 0 Å². The van der Waals surface area contributed by atoms with Crippen molar-refractivity contribution in [2.45, 2.75) is 170 Å². The van der Waals surface area contributed by atoms with Gasteiger partial charge in [-0.05, 0) is 47.0 Å². The van der Waals surface area contributed by atoms with Gasteiger partial charge in [-0.1, -0.05) is 13.8 Å². The quantitative estimate of drug-likeness (QED) is 0.0288. The molecule has 1 aromatic rings. The van der Waals surface area contributed by atoms with E-state index in [0.29, 0.717) is 0 Å². The van der Waals surface area contributed by atoms with Crippen molar-refractivity contribution in [1.29, 1.82) is 0 Å². The maximum Gasteiger partial charge on any atom is 0.326 e. The minimum absolute atomic E-state index is 0.0184. The molecule has 0 aliphatic rings. The third kappa shape index (κ3) is 42.0. The number of carboxylic acids is 1. The van der Waals surface area contributed by atoms with Gasteiger partial charge < -0.3 is 189 Å². The van der Waals surface area contributed by atoms with Crippen molar-refractivity contribution in [3.8, 4) is 0 Å². The van der Waals surface area contributed by atoms with E-state index in [1.165, 1.54) is 12.5 Å². The third-order valence-corrected chi connectivity index (χ3v) is 17.5. The standard InChI is InChI=1S/C70H115N25O35/c1-28(2)8-36(70(129)130)90-62(121)35(9-34-11-72-27-79-34)89-69(128)54(33(7)106)95-57(116)31(5)82-64(123)42(23-101)87-51(112)16-75-60(119)39(20-98)85-49(110)14-77-61(120)40(21-99)92-67(126)45(26-104)91-55(114)29(3)80-65(124)44(25-103)93-66(125)43(24-102)88-52(113)17-76-59(118)38(19-97)84-48(109)13-73-47(108)12-78-68(127)53(32(6)105)94-56(115)30(4)81-63(122)41(22-100)86-50(111)15-74-58(117)37(18-96)83-46(107)10-71/h11,27-33,35-45,53-54,96-106H,8-10,12-26,71H2,1-7H3,(H,72,79)(H,73,108)(H,74,117)(H,75,119)(H,76,118)(H,77,120)(H,78,127)(H,80,124)(H,81,122)(H,82,123)(H,83,107)(H,84,109)(H,85,110)(H,86,111)(H,87,112)(H,88,113)(H,89,128)(H,90,121)(H,91,114)(H,92,126)(H,93,125)(H,94,115)(H,95,116)(H,129,130)/t29-,30-,31-,32+,33+,35-,36-,37-,38-,39-,40-,41-,42-,43-,44-,45-,53-,54-/m0/s1. The largest absolute Gasteiger partial charge is 0.480 e. The highest BCUT2D eigenvalue weighted by atomic mass is 16.4. The Morgan fingerprint density at radius 3 is 0.838 bits per heavy atom. The number of carbonyl (C=O) groups is 23. The van der Waals surface area contributed by atoms with Crippen molar-refractivity contribution in [1.82, 2.24) is 127 Å². The molecule has 0 bridgehead atoms. The first kappa shape index (κ1) is 115. The number of imidazole rings is 1. The van der Waals surface area contributed by atoms with E-state index < -0.39 is 350 Å². The zero-order valence-electron chi connectivity index (χ0n) is 71.1. The Hall–Kier alpha value is -13.5. The van der Waals surface area contributed by atoms with Crippen LogP contribution in [-0.2, 0) is 117 Å². The van der Waals surface area contributed by atoms with Crippen molar-refractivity contribution < 1.29 is 172 Å². The molecule has 0 fully saturated rings. The molecule has 730 valence electrons. The monoisotopic (exact) mass is 1870 g/mol. The smallest absolute Gasteiger partial charge is 0.326 e. The van der Waals surface area contributed by atoms with Gasteiger partial charge in [0, 0.05) is 12.6 Å². The van der Waals surface area contributed by atoms with Gasteiger partial charge in [0.1, 0.15) is 96.7 Å². The van der Waals surface area contributed by atoms with E-state index in [0.717, 1.165) is 34.6 Å². The molecule has 0 aromatic carbocycles. The molecule has 130 heavy (non-hydrogen) atoms. The zero-order valence-corrected chi connectivity index (χ0v) is 71.1. The van der Waals surface area contributed by atoms with Gasteiger partial charge >= 0.3 is 5.97 Å². The summed E-state index contributed by atoms with van der Waals surface area (Å²) in [4.78, 5) is 302. The van der Waals surface area contributed by atoms with Crippen LogP contribution in [0.1, 0.15) is 60.6 Å². The molecular weight excluding hydrogens is 1750 g/mol. The molecule has 0 unspecified atom stereocenters. The number of aliphatic hydroxyl groups is 11. The van der Waals surface area contributed by atoms with Gasteiger partial charge in [-0.15, -0.1) is 0 Å². The average molecular weight is 1870 g/mol. The number of nitrogens with one attached hydrogen (secondary N) is 23. The molecule has 0 saturated carbocycles. The van der Waals surface area contributed by atoms with Gasteiger partial charge in [0.25, 0.3) is 0 Å². The summed E-state index contributed by atoms with van der Waals surface area (Å²) in [5, 5.41) is 165. The molecule has 18 atom stereocenters. The highest BCUT2D eigenvalue weighted by Gasteiger charge is 2.38. The van der Waals surface area contributed by atoms with Crippen LogP contribution in [0.2, 0.25) is 0 Å². The number of aliphatic hydroxyl groups excluding tert-OH is 11. The van der Waals surface area contributed by atoms with Gasteiger partial charge in [0.05, 0.1) is 130 Å². The summed E-state index contributed by atoms with van der Waals surface area (Å²) in [6, 6.07) is -27.9. The van der Waals surface area contributed by atoms with Crippen LogP contribution in [0.25, 0.3) is 0 Å². The summed E-state index contributed by atoms with van der Waals surface area (Å²) >= 11 is 0. The lowest BCUT2D eigenvalue weighted by Gasteiger charge is -2.27. The van der Waals surface area contributed by atoms with Gasteiger partial charge in [0.2, 0.25) is 130 Å². The predicted molar refractivity (Wildman–Crippen MR) is 432 cm³/mol. The normalized spacial score (nSPS) is 15.1. The van der Waals surface area contributed by atoms with Crippen LogP contribution >= 0.6 is 0 Å². The Kier molecular flexibility index (Phi) is 52.5. The summed E-state index contributed by atoms with van der Waals surface area (Å²) in [6.07, 6.45) is -0.927. The minimum Gasteiger partial charge on any atom is -0.480 e. The molecule has 60 heteroatoms. The van der Waals surface area contributed by atoms with Crippen molar-refractivity contribution in [2.75, 3.05) is 105 Å². The molecule has 0 radical (unpaired) electrons. The number of aromatic nitrogens is 2. The lowest BCUT2D eigenvalue weighted by Crippen LogP contribution is -2.61. The topological polar surface area (TPSA) is 955 Å². The minimum atomic E-state index is -1.97. The van der Waals surface area contributed by atoms with E-state index in [1.54, 1.807) is 13.8 Å². The Bertz CT molecular complexity index is 4070. The fraction of sp³-hybridized carbons (Fsp3) is 0.629. The second-order valence-corrected chi connectivity index (χ2v) is 28.6. The molecule has 0 aliphatic heterocycles. The number of hydrogen-bond acceptors (Lipinski definition) is 36. The number of aromatic amines is 1. The van der Waals surface area contributed by atoms with Gasteiger partial charge in [-0.3, -0.25) is 105 Å². The lowest BCUT2D eigenvalue weighted by atomic mass is 10.0. The number of H-pyrrole nitrogens is 1. The first-order valence-corrected chi connectivity index (χ1v) is 39.3. The van der Waals surface area contributed by atoms with Crippen molar-refractivity contribution in [3.05, 3.63) is 18.2 Å². The van der Waals surface area contributed by atoms with Crippen LogP contribution < -0.4 is 123 Å². The summed E-state index contributed by atoms with van der Waals surface area (Å²) in [6.45, 7) is -7.70. The number of nitrogens with zero attached hydrogens (tertiary/aromatic N) is 1. The first-order chi connectivity index (χ1) is 61.1. The molecule has 37 N–H and O–H groups in total. The summed E-state index contributed by atoms with van der Waals surface area (Å²) < 4.78 is 0. The van der Waals surface area contributed by atoms with E-state index in [-0.39, 0.29) is 24.5 Å². The van der Waals surface area contributed by atoms with Crippen molar-refractivity contribution in [2.24, 2.45) is 11.7 Å². The van der Waals surface area contributed by atoms with Crippen LogP contribution in [0, 0.1) is 5.92 Å². The molecule has 1 rings (SSSR count). The molecule has 0 saturated heterocycles. The number of carbonyl (C=O) groups excluding carboxylic acids is 22. The molecule has 1 heterocycles. The maximum absolute atomic E-state index is 13.5. The molecule has 0 spiro atoms. The Morgan fingerprint density at radius 1 is 0.292 bits per heavy atom. The Labute approximate surface area is 737 Å². The third-order valence-electron chi connectivity index (χ3n) is 17.5. The predicted octanol–water partition coefficient (Wildman–Crippen LogP) is -23.8. The molecule has 22 amide bonds. The summed E-state index contributed by atoms with van der Waals surface area (Å²) in [5.74, 6) is -27.3. The molecule has 0 aliphatic carbocycles. The average Bonchev–Trinajstić information content (AvgIpc) is 1.48. The van der Waals surface area contributed by atoms with Crippen molar-refractivity contribution >= 4 is 136 Å². The van der Waals surface area contributed by atoms with E-state index in [1.807, 2.05) is 53.2 Å². The number of amides is 22. The van der Waals surface area contributed by atoms with E-state index in [4.69, 9.17) is 5.73 Å². The second kappa shape index (κ2) is 59.6. The number of rotatable bonds is 60. The lowest BCUT2D eigenvalue weighted by molar-refractivity contribution is -0.143. The highest BCUT2D eigenvalue weighted by Crippen LogP contribution is 2.09. The first-order valence-electron chi connectivity index (χ1n) is 39.3. The van der Waals surface area contributed by atoms with Gasteiger partial charge in [-0.2, -0.15) is 0 Å². The van der Waals surface area contributed by atoms with E-state index in [2.05, 4.69) is 73.8 Å². The van der Waals surface area contributed by atoms with Gasteiger partial charge in [0.15, 0.2) is 0 Å². The summed E-state index contributed by atoms with van der Waals surface area (Å²) in [7, 11) is 0. The van der Waals surface area contributed by atoms with Crippen LogP contribution in [0.15, 0.2) is 12.5 Å². The maximum atomic E-state index is 13.5. The highest BCUT2D eigenvalue weighted by molar-refractivity contribution is 6.02. The number of nitrogens with two attached hydrogens (primary N) is 1. The van der Waals surface area contributed by atoms with Crippen LogP contribution in [0.4, 0.5) is 0 Å². The second-order valence-electron chi connectivity index (χ2n) is 28.6. The van der Waals surface area contributed by atoms with Crippen LogP contribution in [0.3, 0.4) is 0 Å². The number of carboxylic acid groups (broad SMARTS) is 1. The van der Waals surface area contributed by atoms with Crippen LogP contribution in [-0.4, -0.2) is 421 Å². The molecule has 1 aromatic heterocycles. The fourth-order valence-electron chi connectivity index (χ4n) is 10.3. The zero-order chi connectivity index (χ0) is 98.9.